The van der Waals surface area contributed by atoms with Crippen LogP contribution in [0.15, 0.2) is 30.3 Å². The third-order valence-electron chi connectivity index (χ3n) is 3.49. The Morgan fingerprint density at radius 1 is 1.44 bits per heavy atom. The van der Waals surface area contributed by atoms with Crippen LogP contribution in [0.5, 0.6) is 0 Å². The molecule has 1 aliphatic heterocycles. The Balaban J connectivity index is 2.01. The molecule has 3 N–H and O–H groups in total. The zero-order valence-corrected chi connectivity index (χ0v) is 9.69. The predicted molar refractivity (Wildman–Crippen MR) is 66.7 cm³/mol. The van der Waals surface area contributed by atoms with E-state index in [4.69, 9.17) is 11.1 Å². The molecule has 0 radical (unpaired) electrons. The number of rotatable bonds is 3. The van der Waals surface area contributed by atoms with E-state index >= 15 is 0 Å². The molecule has 3 nitrogen and oxygen atoms in total. The van der Waals surface area contributed by atoms with Crippen LogP contribution in [0, 0.1) is 5.41 Å². The number of hydrogen-bond donors (Lipinski definition) is 2. The van der Waals surface area contributed by atoms with Crippen LogP contribution in [0.2, 0.25) is 0 Å². The minimum Gasteiger partial charge on any atom is -0.386 e. The lowest BCUT2D eigenvalue weighted by molar-refractivity contribution is 0.308. The highest BCUT2D eigenvalue weighted by atomic mass is 15.2. The van der Waals surface area contributed by atoms with Gasteiger partial charge in [0.15, 0.2) is 0 Å². The number of nitrogens with one attached hydrogen (secondary N) is 1. The Morgan fingerprint density at radius 3 is 2.75 bits per heavy atom. The van der Waals surface area contributed by atoms with Crippen molar-refractivity contribution in [1.29, 1.82) is 5.41 Å². The molecule has 0 aromatic heterocycles. The zero-order valence-electron chi connectivity index (χ0n) is 9.69. The maximum atomic E-state index is 7.47. The number of nitrogens with zero attached hydrogens (tertiary/aromatic N) is 1. The van der Waals surface area contributed by atoms with Crippen LogP contribution in [0.1, 0.15) is 24.8 Å². The lowest BCUT2D eigenvalue weighted by Gasteiger charge is -2.23. The Kier molecular flexibility index (Phi) is 3.25. The van der Waals surface area contributed by atoms with Gasteiger partial charge in [-0.2, -0.15) is 0 Å². The molecule has 16 heavy (non-hydrogen) atoms. The molecule has 0 amide bonds. The third-order valence-corrected chi connectivity index (χ3v) is 3.49. The van der Waals surface area contributed by atoms with E-state index in [0.717, 1.165) is 13.1 Å². The monoisotopic (exact) mass is 217 g/mol. The molecule has 0 saturated carbocycles. The minimum atomic E-state index is 0.0775. The molecule has 1 saturated heterocycles. The van der Waals surface area contributed by atoms with E-state index in [-0.39, 0.29) is 11.9 Å². The molecule has 3 heteroatoms. The second-order valence-corrected chi connectivity index (χ2v) is 4.52. The van der Waals surface area contributed by atoms with E-state index in [1.165, 1.54) is 12.0 Å². The highest BCUT2D eigenvalue weighted by molar-refractivity contribution is 5.82. The minimum absolute atomic E-state index is 0.0775. The molecule has 2 unspecified atom stereocenters. The fraction of sp³-hybridized carbons (Fsp3) is 0.462. The fourth-order valence-corrected chi connectivity index (χ4v) is 2.33. The molecule has 1 heterocycles. The molecule has 2 rings (SSSR count). The van der Waals surface area contributed by atoms with Gasteiger partial charge in [-0.05, 0) is 31.4 Å². The van der Waals surface area contributed by atoms with Crippen molar-refractivity contribution in [2.75, 3.05) is 13.1 Å². The van der Waals surface area contributed by atoms with Gasteiger partial charge in [-0.25, -0.2) is 0 Å². The third kappa shape index (κ3) is 2.25. The van der Waals surface area contributed by atoms with Crippen LogP contribution in [0.4, 0.5) is 0 Å². The topological polar surface area (TPSA) is 53.1 Å². The standard InChI is InChI=1S/C13H19N3/c1-10(13(14)15)16-8-7-12(9-16)11-5-3-2-4-6-11/h2-6,10,12H,7-9H2,1H3,(H3,14,15). The van der Waals surface area contributed by atoms with Crippen molar-refractivity contribution in [3.8, 4) is 0 Å². The fourth-order valence-electron chi connectivity index (χ4n) is 2.33. The summed E-state index contributed by atoms with van der Waals surface area (Å²) in [6, 6.07) is 10.7. The summed E-state index contributed by atoms with van der Waals surface area (Å²) >= 11 is 0. The average Bonchev–Trinajstić information content (AvgIpc) is 2.78. The number of nitrogens with two attached hydrogens (primary N) is 1. The molecule has 0 spiro atoms. The van der Waals surface area contributed by atoms with Crippen molar-refractivity contribution in [3.05, 3.63) is 35.9 Å². The molecule has 86 valence electrons. The molecule has 2 atom stereocenters. The predicted octanol–water partition coefficient (Wildman–Crippen LogP) is 1.80. The normalized spacial score (nSPS) is 23.2. The van der Waals surface area contributed by atoms with Crippen LogP contribution in [0.25, 0.3) is 0 Å². The largest absolute Gasteiger partial charge is 0.386 e. The van der Waals surface area contributed by atoms with Crippen molar-refractivity contribution >= 4 is 5.84 Å². The lowest BCUT2D eigenvalue weighted by Crippen LogP contribution is -2.40. The van der Waals surface area contributed by atoms with Crippen LogP contribution in [-0.4, -0.2) is 29.9 Å². The first-order valence-electron chi connectivity index (χ1n) is 5.81. The maximum absolute atomic E-state index is 7.47. The Morgan fingerprint density at radius 2 is 2.12 bits per heavy atom. The van der Waals surface area contributed by atoms with Gasteiger partial charge >= 0.3 is 0 Å². The summed E-state index contributed by atoms with van der Waals surface area (Å²) < 4.78 is 0. The molecular weight excluding hydrogens is 198 g/mol. The first kappa shape index (κ1) is 11.1. The van der Waals surface area contributed by atoms with Gasteiger partial charge in [0.25, 0.3) is 0 Å². The summed E-state index contributed by atoms with van der Waals surface area (Å²) in [5.41, 5.74) is 6.95. The van der Waals surface area contributed by atoms with Crippen LogP contribution >= 0.6 is 0 Å². The maximum Gasteiger partial charge on any atom is 0.108 e. The first-order valence-corrected chi connectivity index (χ1v) is 5.81. The van der Waals surface area contributed by atoms with Crippen molar-refractivity contribution in [3.63, 3.8) is 0 Å². The number of hydrogen-bond acceptors (Lipinski definition) is 2. The van der Waals surface area contributed by atoms with Crippen LogP contribution in [0.3, 0.4) is 0 Å². The second-order valence-electron chi connectivity index (χ2n) is 4.52. The van der Waals surface area contributed by atoms with E-state index in [2.05, 4.69) is 35.2 Å². The van der Waals surface area contributed by atoms with Gasteiger partial charge in [0.2, 0.25) is 0 Å². The van der Waals surface area contributed by atoms with E-state index in [1.807, 2.05) is 6.92 Å². The smallest absolute Gasteiger partial charge is 0.108 e. The summed E-state index contributed by atoms with van der Waals surface area (Å²) in [5.74, 6) is 0.872. The van der Waals surface area contributed by atoms with E-state index in [1.54, 1.807) is 0 Å². The molecule has 1 aromatic rings. The summed E-state index contributed by atoms with van der Waals surface area (Å²) in [6.45, 7) is 4.07. The second kappa shape index (κ2) is 4.66. The Hall–Kier alpha value is -1.35. The first-order chi connectivity index (χ1) is 7.68. The van der Waals surface area contributed by atoms with Crippen molar-refractivity contribution < 1.29 is 0 Å². The summed E-state index contributed by atoms with van der Waals surface area (Å²) in [6.07, 6.45) is 1.17. The zero-order chi connectivity index (χ0) is 11.5. The highest BCUT2D eigenvalue weighted by Crippen LogP contribution is 2.27. The van der Waals surface area contributed by atoms with Crippen LogP contribution in [-0.2, 0) is 0 Å². The summed E-state index contributed by atoms with van der Waals surface area (Å²) in [4.78, 5) is 2.29. The van der Waals surface area contributed by atoms with Gasteiger partial charge in [-0.15, -0.1) is 0 Å². The lowest BCUT2D eigenvalue weighted by atomic mass is 9.99. The quantitative estimate of drug-likeness (QED) is 0.599. The molecule has 0 aliphatic carbocycles. The van der Waals surface area contributed by atoms with E-state index in [0.29, 0.717) is 5.92 Å². The molecular formula is C13H19N3. The summed E-state index contributed by atoms with van der Waals surface area (Å²) in [5, 5.41) is 7.47. The number of amidine groups is 1. The Labute approximate surface area is 96.8 Å². The molecule has 1 aromatic carbocycles. The number of benzene rings is 1. The van der Waals surface area contributed by atoms with Gasteiger partial charge in [-0.1, -0.05) is 30.3 Å². The average molecular weight is 217 g/mol. The Bertz CT molecular complexity index is 361. The van der Waals surface area contributed by atoms with Crippen LogP contribution < -0.4 is 5.73 Å². The van der Waals surface area contributed by atoms with Gasteiger partial charge in [0.05, 0.1) is 6.04 Å². The number of likely N-dealkylation sites (tertiary alicyclic amines) is 1. The van der Waals surface area contributed by atoms with Gasteiger partial charge in [0.1, 0.15) is 5.84 Å². The van der Waals surface area contributed by atoms with E-state index in [9.17, 15) is 0 Å². The SMILES string of the molecule is CC(C(=N)N)N1CCC(c2ccccc2)C1. The van der Waals surface area contributed by atoms with Gasteiger partial charge in [-0.3, -0.25) is 10.3 Å². The molecule has 0 bridgehead atoms. The van der Waals surface area contributed by atoms with Crippen molar-refractivity contribution in [2.24, 2.45) is 5.73 Å². The van der Waals surface area contributed by atoms with E-state index < -0.39 is 0 Å². The highest BCUT2D eigenvalue weighted by Gasteiger charge is 2.27. The van der Waals surface area contributed by atoms with Gasteiger partial charge < -0.3 is 5.73 Å². The van der Waals surface area contributed by atoms with Crippen molar-refractivity contribution in [1.82, 2.24) is 4.90 Å². The molecule has 1 aliphatic rings. The molecule has 1 fully saturated rings. The summed E-state index contributed by atoms with van der Waals surface area (Å²) in [7, 11) is 0. The van der Waals surface area contributed by atoms with Gasteiger partial charge in [0, 0.05) is 6.54 Å². The van der Waals surface area contributed by atoms with Crippen molar-refractivity contribution in [2.45, 2.75) is 25.3 Å².